The zero-order chi connectivity index (χ0) is 17.1. The number of rotatable bonds is 3. The number of carbonyl (C=O) groups excluding carboxylic acids is 2. The van der Waals surface area contributed by atoms with Gasteiger partial charge in [0.2, 0.25) is 11.8 Å². The van der Waals surface area contributed by atoms with Gasteiger partial charge < -0.3 is 10.2 Å². The summed E-state index contributed by atoms with van der Waals surface area (Å²) in [5.41, 5.74) is 2.65. The molecule has 0 spiro atoms. The second-order valence-corrected chi connectivity index (χ2v) is 7.49. The zero-order valence-corrected chi connectivity index (χ0v) is 14.8. The van der Waals surface area contributed by atoms with Gasteiger partial charge in [0, 0.05) is 31.0 Å². The van der Waals surface area contributed by atoms with E-state index in [1.807, 2.05) is 24.8 Å². The lowest BCUT2D eigenvalue weighted by Gasteiger charge is -2.34. The summed E-state index contributed by atoms with van der Waals surface area (Å²) in [5, 5.41) is 3.00. The third-order valence-corrected chi connectivity index (χ3v) is 5.32. The lowest BCUT2D eigenvalue weighted by Crippen LogP contribution is -2.42. The van der Waals surface area contributed by atoms with Crippen molar-refractivity contribution in [2.45, 2.75) is 58.5 Å². The smallest absolute Gasteiger partial charge is 0.225 e. The second-order valence-electron chi connectivity index (χ2n) is 7.49. The standard InChI is InChI=1S/C20H28N2O2/c1-14(2)21-19(23)16-7-9-17(10-8-16)20(24)22-12-11-15-5-3-4-6-18(15)13-22/h3-6,14,16-17H,7-13H2,1-2H3,(H,21,23). The summed E-state index contributed by atoms with van der Waals surface area (Å²) >= 11 is 0. The molecule has 1 aliphatic carbocycles. The predicted octanol–water partition coefficient (Wildman–Crippen LogP) is 2.90. The molecular formula is C20H28N2O2. The van der Waals surface area contributed by atoms with E-state index < -0.39 is 0 Å². The van der Waals surface area contributed by atoms with Gasteiger partial charge in [-0.05, 0) is 57.1 Å². The summed E-state index contributed by atoms with van der Waals surface area (Å²) in [4.78, 5) is 27.0. The Hall–Kier alpha value is -1.84. The average molecular weight is 328 g/mol. The molecule has 1 aromatic rings. The van der Waals surface area contributed by atoms with Crippen LogP contribution in [-0.2, 0) is 22.6 Å². The van der Waals surface area contributed by atoms with Crippen LogP contribution in [0.5, 0.6) is 0 Å². The molecule has 0 atom stereocenters. The SMILES string of the molecule is CC(C)NC(=O)C1CCC(C(=O)N2CCc3ccccc3C2)CC1. The molecule has 1 heterocycles. The maximum absolute atomic E-state index is 12.8. The zero-order valence-electron chi connectivity index (χ0n) is 14.8. The monoisotopic (exact) mass is 328 g/mol. The van der Waals surface area contributed by atoms with Crippen molar-refractivity contribution in [1.82, 2.24) is 10.2 Å². The highest BCUT2D eigenvalue weighted by atomic mass is 16.2. The van der Waals surface area contributed by atoms with Crippen LogP contribution < -0.4 is 5.32 Å². The van der Waals surface area contributed by atoms with Gasteiger partial charge >= 0.3 is 0 Å². The molecule has 2 aliphatic rings. The Kier molecular flexibility index (Phi) is 5.22. The summed E-state index contributed by atoms with van der Waals surface area (Å²) in [5.74, 6) is 0.618. The van der Waals surface area contributed by atoms with E-state index in [1.54, 1.807) is 0 Å². The van der Waals surface area contributed by atoms with Crippen LogP contribution in [-0.4, -0.2) is 29.3 Å². The van der Waals surface area contributed by atoms with Gasteiger partial charge in [-0.2, -0.15) is 0 Å². The topological polar surface area (TPSA) is 49.4 Å². The molecule has 4 nitrogen and oxygen atoms in total. The number of hydrogen-bond donors (Lipinski definition) is 1. The molecule has 0 aromatic heterocycles. The summed E-state index contributed by atoms with van der Waals surface area (Å²) in [6.07, 6.45) is 4.30. The summed E-state index contributed by atoms with van der Waals surface area (Å²) in [6, 6.07) is 8.59. The van der Waals surface area contributed by atoms with Crippen molar-refractivity contribution in [3.63, 3.8) is 0 Å². The van der Waals surface area contributed by atoms with E-state index in [-0.39, 0.29) is 29.7 Å². The number of benzene rings is 1. The molecule has 3 rings (SSSR count). The van der Waals surface area contributed by atoms with Gasteiger partial charge in [-0.3, -0.25) is 9.59 Å². The molecule has 24 heavy (non-hydrogen) atoms. The Bertz CT molecular complexity index is 603. The Morgan fingerprint density at radius 2 is 1.67 bits per heavy atom. The molecule has 1 aliphatic heterocycles. The van der Waals surface area contributed by atoms with Crippen LogP contribution in [0, 0.1) is 11.8 Å². The van der Waals surface area contributed by atoms with Crippen LogP contribution in [0.25, 0.3) is 0 Å². The van der Waals surface area contributed by atoms with Gasteiger partial charge in [-0.1, -0.05) is 24.3 Å². The van der Waals surface area contributed by atoms with E-state index in [0.717, 1.165) is 45.2 Å². The maximum Gasteiger partial charge on any atom is 0.225 e. The third-order valence-electron chi connectivity index (χ3n) is 5.32. The molecule has 0 bridgehead atoms. The maximum atomic E-state index is 12.8. The Morgan fingerprint density at radius 1 is 1.04 bits per heavy atom. The first-order valence-electron chi connectivity index (χ1n) is 9.20. The molecule has 1 fully saturated rings. The van der Waals surface area contributed by atoms with E-state index in [9.17, 15) is 9.59 Å². The fourth-order valence-electron chi connectivity index (χ4n) is 3.95. The molecule has 1 aromatic carbocycles. The van der Waals surface area contributed by atoms with Gasteiger partial charge in [0.05, 0.1) is 0 Å². The summed E-state index contributed by atoms with van der Waals surface area (Å²) < 4.78 is 0. The van der Waals surface area contributed by atoms with E-state index >= 15 is 0 Å². The van der Waals surface area contributed by atoms with Crippen molar-refractivity contribution >= 4 is 11.8 Å². The minimum Gasteiger partial charge on any atom is -0.354 e. The Morgan fingerprint density at radius 3 is 2.33 bits per heavy atom. The van der Waals surface area contributed by atoms with Gasteiger partial charge in [-0.15, -0.1) is 0 Å². The predicted molar refractivity (Wildman–Crippen MR) is 94.3 cm³/mol. The Labute approximate surface area is 144 Å². The molecule has 130 valence electrons. The largest absolute Gasteiger partial charge is 0.354 e. The fraction of sp³-hybridized carbons (Fsp3) is 0.600. The molecule has 0 unspecified atom stereocenters. The number of hydrogen-bond acceptors (Lipinski definition) is 2. The highest BCUT2D eigenvalue weighted by Gasteiger charge is 2.33. The number of carbonyl (C=O) groups is 2. The van der Waals surface area contributed by atoms with Crippen LogP contribution in [0.2, 0.25) is 0 Å². The van der Waals surface area contributed by atoms with E-state index in [2.05, 4.69) is 23.5 Å². The lowest BCUT2D eigenvalue weighted by atomic mass is 9.80. The van der Waals surface area contributed by atoms with Gasteiger partial charge in [-0.25, -0.2) is 0 Å². The van der Waals surface area contributed by atoms with Crippen molar-refractivity contribution in [1.29, 1.82) is 0 Å². The Balaban J connectivity index is 1.54. The van der Waals surface area contributed by atoms with Crippen LogP contribution in [0.3, 0.4) is 0 Å². The fourth-order valence-corrected chi connectivity index (χ4v) is 3.95. The number of nitrogens with one attached hydrogen (secondary N) is 1. The second kappa shape index (κ2) is 7.37. The minimum atomic E-state index is 0.0820. The van der Waals surface area contributed by atoms with Crippen molar-refractivity contribution in [2.75, 3.05) is 6.54 Å². The minimum absolute atomic E-state index is 0.0820. The molecular weight excluding hydrogens is 300 g/mol. The van der Waals surface area contributed by atoms with Gasteiger partial charge in [0.1, 0.15) is 0 Å². The van der Waals surface area contributed by atoms with Crippen LogP contribution in [0.1, 0.15) is 50.7 Å². The first kappa shape index (κ1) is 17.0. The first-order chi connectivity index (χ1) is 11.5. The lowest BCUT2D eigenvalue weighted by molar-refractivity contribution is -0.139. The first-order valence-corrected chi connectivity index (χ1v) is 9.20. The van der Waals surface area contributed by atoms with Crippen molar-refractivity contribution in [2.24, 2.45) is 11.8 Å². The number of fused-ring (bicyclic) bond motifs is 1. The van der Waals surface area contributed by atoms with E-state index in [0.29, 0.717) is 0 Å². The average Bonchev–Trinajstić information content (AvgIpc) is 2.60. The molecule has 4 heteroatoms. The number of nitrogens with zero attached hydrogens (tertiary/aromatic N) is 1. The molecule has 1 N–H and O–H groups in total. The van der Waals surface area contributed by atoms with Gasteiger partial charge in [0.15, 0.2) is 0 Å². The molecule has 1 saturated carbocycles. The molecule has 2 amide bonds. The van der Waals surface area contributed by atoms with Gasteiger partial charge in [0.25, 0.3) is 0 Å². The normalized spacial score (nSPS) is 23.7. The number of amides is 2. The summed E-state index contributed by atoms with van der Waals surface area (Å²) in [6.45, 7) is 5.54. The van der Waals surface area contributed by atoms with Crippen LogP contribution in [0.4, 0.5) is 0 Å². The van der Waals surface area contributed by atoms with Crippen molar-refractivity contribution in [3.8, 4) is 0 Å². The van der Waals surface area contributed by atoms with Crippen LogP contribution >= 0.6 is 0 Å². The van der Waals surface area contributed by atoms with Crippen molar-refractivity contribution < 1.29 is 9.59 Å². The van der Waals surface area contributed by atoms with Crippen molar-refractivity contribution in [3.05, 3.63) is 35.4 Å². The molecule has 0 radical (unpaired) electrons. The third kappa shape index (κ3) is 3.80. The van der Waals surface area contributed by atoms with E-state index in [4.69, 9.17) is 0 Å². The highest BCUT2D eigenvalue weighted by Crippen LogP contribution is 2.31. The summed E-state index contributed by atoms with van der Waals surface area (Å²) in [7, 11) is 0. The quantitative estimate of drug-likeness (QED) is 0.927. The van der Waals surface area contributed by atoms with E-state index in [1.165, 1.54) is 11.1 Å². The molecule has 0 saturated heterocycles. The van der Waals surface area contributed by atoms with Crippen LogP contribution in [0.15, 0.2) is 24.3 Å². The highest BCUT2D eigenvalue weighted by molar-refractivity contribution is 5.81.